The van der Waals surface area contributed by atoms with Crippen LogP contribution in [0.3, 0.4) is 0 Å². The monoisotopic (exact) mass is 271 g/mol. The molecule has 1 aliphatic heterocycles. The van der Waals surface area contributed by atoms with Gasteiger partial charge in [0.2, 0.25) is 5.88 Å². The molecule has 0 spiro atoms. The molecule has 0 amide bonds. The Labute approximate surface area is 119 Å². The molecule has 0 aliphatic carbocycles. The average Bonchev–Trinajstić information content (AvgIpc) is 2.98. The highest BCUT2D eigenvalue weighted by atomic mass is 16.5. The van der Waals surface area contributed by atoms with E-state index in [0.717, 1.165) is 30.2 Å². The van der Waals surface area contributed by atoms with Crippen LogP contribution >= 0.6 is 0 Å². The van der Waals surface area contributed by atoms with Crippen LogP contribution in [-0.2, 0) is 0 Å². The zero-order chi connectivity index (χ0) is 13.6. The molecule has 1 fully saturated rings. The summed E-state index contributed by atoms with van der Waals surface area (Å²) in [6.45, 7) is 4.44. The first-order valence-corrected chi connectivity index (χ1v) is 7.40. The number of benzene rings is 1. The Morgan fingerprint density at radius 1 is 1.10 bits per heavy atom. The number of nitrogens with one attached hydrogen (secondary N) is 1. The first-order valence-electron chi connectivity index (χ1n) is 7.40. The number of piperidine rings is 1. The summed E-state index contributed by atoms with van der Waals surface area (Å²) in [7, 11) is 0. The molecule has 0 atom stereocenters. The van der Waals surface area contributed by atoms with Crippen LogP contribution in [0, 0.1) is 0 Å². The summed E-state index contributed by atoms with van der Waals surface area (Å²) in [5, 5.41) is 7.41. The van der Waals surface area contributed by atoms with Crippen molar-refractivity contribution in [3.63, 3.8) is 0 Å². The third-order valence-corrected chi connectivity index (χ3v) is 3.76. The predicted molar refractivity (Wildman–Crippen MR) is 80.7 cm³/mol. The van der Waals surface area contributed by atoms with E-state index in [0.29, 0.717) is 0 Å². The third kappa shape index (κ3) is 3.39. The van der Waals surface area contributed by atoms with E-state index in [1.807, 2.05) is 36.4 Å². The Kier molecular flexibility index (Phi) is 4.33. The van der Waals surface area contributed by atoms with Crippen molar-refractivity contribution >= 4 is 5.88 Å². The standard InChI is InChI=1S/C16H21N3O/c1-3-7-14(8-4-1)15-13-16(20-18-15)17-9-12-19-10-5-2-6-11-19/h1,3-4,7-8,13,17H,2,5-6,9-12H2. The SMILES string of the molecule is c1ccc(-c2cc(NCCN3CCCCC3)on2)cc1. The molecule has 1 saturated heterocycles. The van der Waals surface area contributed by atoms with E-state index in [1.54, 1.807) is 0 Å². The van der Waals surface area contributed by atoms with Crippen molar-refractivity contribution in [1.29, 1.82) is 0 Å². The fourth-order valence-electron chi connectivity index (χ4n) is 2.62. The first-order chi connectivity index (χ1) is 9.92. The van der Waals surface area contributed by atoms with Gasteiger partial charge in [-0.25, -0.2) is 0 Å². The molecular formula is C16H21N3O. The molecule has 0 unspecified atom stereocenters. The van der Waals surface area contributed by atoms with Crippen LogP contribution in [0.25, 0.3) is 11.3 Å². The number of hydrogen-bond acceptors (Lipinski definition) is 4. The molecule has 1 N–H and O–H groups in total. The van der Waals surface area contributed by atoms with E-state index in [9.17, 15) is 0 Å². The van der Waals surface area contributed by atoms with Gasteiger partial charge in [0.1, 0.15) is 5.69 Å². The zero-order valence-corrected chi connectivity index (χ0v) is 11.7. The number of rotatable bonds is 5. The second-order valence-electron chi connectivity index (χ2n) is 5.27. The minimum Gasteiger partial charge on any atom is -0.353 e. The second-order valence-corrected chi connectivity index (χ2v) is 5.27. The molecule has 0 saturated carbocycles. The molecular weight excluding hydrogens is 250 g/mol. The second kappa shape index (κ2) is 6.57. The van der Waals surface area contributed by atoms with Gasteiger partial charge in [0.05, 0.1) is 0 Å². The van der Waals surface area contributed by atoms with E-state index in [4.69, 9.17) is 4.52 Å². The molecule has 0 bridgehead atoms. The molecule has 106 valence electrons. The minimum absolute atomic E-state index is 0.751. The Morgan fingerprint density at radius 2 is 1.90 bits per heavy atom. The van der Waals surface area contributed by atoms with Crippen LogP contribution in [-0.4, -0.2) is 36.2 Å². The Bertz CT molecular complexity index is 518. The van der Waals surface area contributed by atoms with Gasteiger partial charge in [0, 0.05) is 24.7 Å². The molecule has 4 nitrogen and oxygen atoms in total. The molecule has 2 heterocycles. The summed E-state index contributed by atoms with van der Waals surface area (Å²) in [6.07, 6.45) is 4.05. The summed E-state index contributed by atoms with van der Waals surface area (Å²) in [4.78, 5) is 2.50. The highest BCUT2D eigenvalue weighted by Gasteiger charge is 2.10. The summed E-state index contributed by atoms with van der Waals surface area (Å²) < 4.78 is 5.33. The molecule has 0 radical (unpaired) electrons. The molecule has 1 aromatic carbocycles. The summed E-state index contributed by atoms with van der Waals surface area (Å²) in [5.41, 5.74) is 1.96. The maximum absolute atomic E-state index is 5.33. The number of aromatic nitrogens is 1. The van der Waals surface area contributed by atoms with Gasteiger partial charge in [-0.3, -0.25) is 0 Å². The van der Waals surface area contributed by atoms with Gasteiger partial charge >= 0.3 is 0 Å². The molecule has 1 aromatic heterocycles. The minimum atomic E-state index is 0.751. The summed E-state index contributed by atoms with van der Waals surface area (Å²) in [6, 6.07) is 12.1. The van der Waals surface area contributed by atoms with Crippen LogP contribution in [0.15, 0.2) is 40.9 Å². The van der Waals surface area contributed by atoms with Gasteiger partial charge in [0.25, 0.3) is 0 Å². The molecule has 2 aromatic rings. The van der Waals surface area contributed by atoms with Crippen molar-refractivity contribution in [2.75, 3.05) is 31.5 Å². The number of anilines is 1. The van der Waals surface area contributed by atoms with Crippen molar-refractivity contribution < 1.29 is 4.52 Å². The Balaban J connectivity index is 1.50. The Hall–Kier alpha value is -1.81. The molecule has 3 rings (SSSR count). The molecule has 4 heteroatoms. The van der Waals surface area contributed by atoms with Crippen LogP contribution in [0.2, 0.25) is 0 Å². The highest BCUT2D eigenvalue weighted by Crippen LogP contribution is 2.21. The van der Waals surface area contributed by atoms with E-state index in [2.05, 4.69) is 15.4 Å². The number of hydrogen-bond donors (Lipinski definition) is 1. The van der Waals surface area contributed by atoms with Crippen molar-refractivity contribution in [2.45, 2.75) is 19.3 Å². The van der Waals surface area contributed by atoms with Crippen molar-refractivity contribution in [3.05, 3.63) is 36.4 Å². The topological polar surface area (TPSA) is 41.3 Å². The number of nitrogens with zero attached hydrogens (tertiary/aromatic N) is 2. The van der Waals surface area contributed by atoms with Gasteiger partial charge < -0.3 is 14.7 Å². The predicted octanol–water partition coefficient (Wildman–Crippen LogP) is 3.24. The highest BCUT2D eigenvalue weighted by molar-refractivity contribution is 5.61. The van der Waals surface area contributed by atoms with Gasteiger partial charge in [-0.1, -0.05) is 41.9 Å². The van der Waals surface area contributed by atoms with Crippen LogP contribution in [0.5, 0.6) is 0 Å². The lowest BCUT2D eigenvalue weighted by atomic mass is 10.1. The Morgan fingerprint density at radius 3 is 2.70 bits per heavy atom. The van der Waals surface area contributed by atoms with Gasteiger partial charge in [-0.2, -0.15) is 0 Å². The van der Waals surface area contributed by atoms with Gasteiger partial charge in [0.15, 0.2) is 0 Å². The maximum Gasteiger partial charge on any atom is 0.225 e. The van der Waals surface area contributed by atoms with Crippen molar-refractivity contribution in [3.8, 4) is 11.3 Å². The fourth-order valence-corrected chi connectivity index (χ4v) is 2.62. The normalized spacial score (nSPS) is 16.2. The quantitative estimate of drug-likeness (QED) is 0.906. The maximum atomic E-state index is 5.33. The fraction of sp³-hybridized carbons (Fsp3) is 0.438. The largest absolute Gasteiger partial charge is 0.353 e. The lowest BCUT2D eigenvalue weighted by Crippen LogP contribution is -2.33. The van der Waals surface area contributed by atoms with Gasteiger partial charge in [-0.05, 0) is 25.9 Å². The van der Waals surface area contributed by atoms with Crippen molar-refractivity contribution in [1.82, 2.24) is 10.1 Å². The van der Waals surface area contributed by atoms with E-state index < -0.39 is 0 Å². The summed E-state index contributed by atoms with van der Waals surface area (Å²) >= 11 is 0. The lowest BCUT2D eigenvalue weighted by Gasteiger charge is -2.26. The first kappa shape index (κ1) is 13.2. The van der Waals surface area contributed by atoms with E-state index in [-0.39, 0.29) is 0 Å². The number of likely N-dealkylation sites (tertiary alicyclic amines) is 1. The molecule has 20 heavy (non-hydrogen) atoms. The average molecular weight is 271 g/mol. The van der Waals surface area contributed by atoms with Crippen LogP contribution in [0.1, 0.15) is 19.3 Å². The smallest absolute Gasteiger partial charge is 0.225 e. The van der Waals surface area contributed by atoms with Crippen LogP contribution in [0.4, 0.5) is 5.88 Å². The van der Waals surface area contributed by atoms with E-state index in [1.165, 1.54) is 32.4 Å². The van der Waals surface area contributed by atoms with Crippen molar-refractivity contribution in [2.24, 2.45) is 0 Å². The third-order valence-electron chi connectivity index (χ3n) is 3.76. The lowest BCUT2D eigenvalue weighted by molar-refractivity contribution is 0.236. The van der Waals surface area contributed by atoms with Crippen LogP contribution < -0.4 is 5.32 Å². The summed E-state index contributed by atoms with van der Waals surface area (Å²) in [5.74, 6) is 0.751. The zero-order valence-electron chi connectivity index (χ0n) is 11.7. The van der Waals surface area contributed by atoms with Gasteiger partial charge in [-0.15, -0.1) is 0 Å². The van der Waals surface area contributed by atoms with E-state index >= 15 is 0 Å². The molecule has 1 aliphatic rings.